The summed E-state index contributed by atoms with van der Waals surface area (Å²) < 4.78 is 5.13. The van der Waals surface area contributed by atoms with Crippen LogP contribution in [0.5, 0.6) is 0 Å². The average Bonchev–Trinajstić information content (AvgIpc) is 2.38. The maximum absolute atomic E-state index is 11.7. The molecule has 3 nitrogen and oxygen atoms in total. The highest BCUT2D eigenvalue weighted by Crippen LogP contribution is 2.13. The minimum Gasteiger partial charge on any atom is -0.457 e. The highest BCUT2D eigenvalue weighted by Gasteiger charge is 2.07. The molecule has 0 radical (unpaired) electrons. The number of hydrogen-bond donors (Lipinski definition) is 0. The van der Waals surface area contributed by atoms with Crippen molar-refractivity contribution in [2.45, 2.75) is 6.61 Å². The Bertz CT molecular complexity index is 555. The summed E-state index contributed by atoms with van der Waals surface area (Å²) in [6.45, 7) is 0.148. The molecule has 0 spiro atoms. The van der Waals surface area contributed by atoms with Crippen LogP contribution in [0, 0.1) is 0 Å². The summed E-state index contributed by atoms with van der Waals surface area (Å²) in [5.41, 5.74) is 1.19. The highest BCUT2D eigenvalue weighted by atomic mass is 35.5. The zero-order valence-electron chi connectivity index (χ0n) is 9.27. The molecule has 0 atom stereocenters. The Labute approximate surface area is 114 Å². The van der Waals surface area contributed by atoms with E-state index in [0.29, 0.717) is 15.7 Å². The Morgan fingerprint density at radius 2 is 2.06 bits per heavy atom. The van der Waals surface area contributed by atoms with E-state index in [1.165, 1.54) is 0 Å². The van der Waals surface area contributed by atoms with Gasteiger partial charge in [-0.15, -0.1) is 0 Å². The third-order valence-corrected chi connectivity index (χ3v) is 2.68. The number of ether oxygens (including phenoxy) is 1. The summed E-state index contributed by atoms with van der Waals surface area (Å²) in [5.74, 6) is -0.424. The topological polar surface area (TPSA) is 39.2 Å². The molecule has 0 amide bonds. The van der Waals surface area contributed by atoms with Crippen LogP contribution in [0.1, 0.15) is 15.9 Å². The van der Waals surface area contributed by atoms with Crippen molar-refractivity contribution in [3.8, 4) is 0 Å². The molecular weight excluding hydrogens is 273 g/mol. The third kappa shape index (κ3) is 3.45. The van der Waals surface area contributed by atoms with E-state index in [1.807, 2.05) is 0 Å². The van der Waals surface area contributed by atoms with E-state index in [-0.39, 0.29) is 6.61 Å². The Hall–Kier alpha value is -1.58. The Morgan fingerprint density at radius 3 is 2.72 bits per heavy atom. The first kappa shape index (κ1) is 12.9. The van der Waals surface area contributed by atoms with Crippen LogP contribution in [0.4, 0.5) is 0 Å². The molecule has 0 saturated heterocycles. The summed E-state index contributed by atoms with van der Waals surface area (Å²) in [5, 5.41) is 0.900. The number of rotatable bonds is 3. The lowest BCUT2D eigenvalue weighted by Crippen LogP contribution is -2.05. The van der Waals surface area contributed by atoms with Crippen molar-refractivity contribution in [1.82, 2.24) is 4.98 Å². The first-order valence-electron chi connectivity index (χ1n) is 5.18. The van der Waals surface area contributed by atoms with Gasteiger partial charge in [0.25, 0.3) is 0 Å². The largest absolute Gasteiger partial charge is 0.457 e. The van der Waals surface area contributed by atoms with Gasteiger partial charge in [0.15, 0.2) is 0 Å². The average molecular weight is 282 g/mol. The van der Waals surface area contributed by atoms with E-state index < -0.39 is 5.97 Å². The maximum atomic E-state index is 11.7. The van der Waals surface area contributed by atoms with Gasteiger partial charge < -0.3 is 4.74 Å². The van der Waals surface area contributed by atoms with Crippen LogP contribution in [0.15, 0.2) is 42.6 Å². The van der Waals surface area contributed by atoms with Crippen molar-refractivity contribution in [2.75, 3.05) is 0 Å². The molecule has 0 aliphatic rings. The zero-order valence-corrected chi connectivity index (χ0v) is 10.8. The summed E-state index contributed by atoms with van der Waals surface area (Å²) in [6, 6.07) is 9.99. The van der Waals surface area contributed by atoms with Crippen molar-refractivity contribution in [2.24, 2.45) is 0 Å². The molecule has 0 N–H and O–H groups in total. The number of carbonyl (C=O) groups is 1. The SMILES string of the molecule is O=C(OCc1ccc(Cl)nc1)c1cccc(Cl)c1. The lowest BCUT2D eigenvalue weighted by atomic mass is 10.2. The molecule has 0 aliphatic carbocycles. The van der Waals surface area contributed by atoms with Gasteiger partial charge in [0.05, 0.1) is 5.56 Å². The van der Waals surface area contributed by atoms with E-state index in [0.717, 1.165) is 5.56 Å². The monoisotopic (exact) mass is 281 g/mol. The molecule has 0 bridgehead atoms. The van der Waals surface area contributed by atoms with Crippen molar-refractivity contribution in [3.05, 3.63) is 63.9 Å². The first-order chi connectivity index (χ1) is 8.65. The Balaban J connectivity index is 1.98. The zero-order chi connectivity index (χ0) is 13.0. The van der Waals surface area contributed by atoms with E-state index >= 15 is 0 Å². The molecule has 0 saturated carbocycles. The van der Waals surface area contributed by atoms with Crippen LogP contribution in [0.3, 0.4) is 0 Å². The highest BCUT2D eigenvalue weighted by molar-refractivity contribution is 6.30. The van der Waals surface area contributed by atoms with Gasteiger partial charge in [0.2, 0.25) is 0 Å². The Morgan fingerprint density at radius 1 is 1.22 bits per heavy atom. The van der Waals surface area contributed by atoms with Gasteiger partial charge >= 0.3 is 5.97 Å². The molecule has 5 heteroatoms. The summed E-state index contributed by atoms with van der Waals surface area (Å²) in [7, 11) is 0. The van der Waals surface area contributed by atoms with Crippen LogP contribution < -0.4 is 0 Å². The van der Waals surface area contributed by atoms with Gasteiger partial charge in [0, 0.05) is 16.8 Å². The van der Waals surface area contributed by atoms with E-state index in [1.54, 1.807) is 42.6 Å². The molecule has 2 aromatic rings. The molecule has 1 aromatic heterocycles. The fourth-order valence-corrected chi connectivity index (χ4v) is 1.64. The van der Waals surface area contributed by atoms with Crippen molar-refractivity contribution >= 4 is 29.2 Å². The fraction of sp³-hybridized carbons (Fsp3) is 0.0769. The van der Waals surface area contributed by atoms with Crippen LogP contribution in [-0.2, 0) is 11.3 Å². The second kappa shape index (κ2) is 5.85. The molecule has 0 aliphatic heterocycles. The summed E-state index contributed by atoms with van der Waals surface area (Å²) in [4.78, 5) is 15.6. The Kier molecular flexibility index (Phi) is 4.18. The molecule has 0 unspecified atom stereocenters. The van der Waals surface area contributed by atoms with Crippen molar-refractivity contribution in [3.63, 3.8) is 0 Å². The first-order valence-corrected chi connectivity index (χ1v) is 5.94. The van der Waals surface area contributed by atoms with Gasteiger partial charge in [-0.3, -0.25) is 0 Å². The van der Waals surface area contributed by atoms with Crippen LogP contribution in [-0.4, -0.2) is 11.0 Å². The summed E-state index contributed by atoms with van der Waals surface area (Å²) >= 11 is 11.4. The second-order valence-electron chi connectivity index (χ2n) is 3.58. The minimum atomic E-state index is -0.424. The molecular formula is C13H9Cl2NO2. The third-order valence-electron chi connectivity index (χ3n) is 2.22. The van der Waals surface area contributed by atoms with Gasteiger partial charge in [0.1, 0.15) is 11.8 Å². The molecule has 2 rings (SSSR count). The van der Waals surface area contributed by atoms with Gasteiger partial charge in [-0.05, 0) is 24.3 Å². The van der Waals surface area contributed by atoms with Crippen LogP contribution in [0.25, 0.3) is 0 Å². The molecule has 1 heterocycles. The van der Waals surface area contributed by atoms with E-state index in [2.05, 4.69) is 4.98 Å². The number of esters is 1. The van der Waals surface area contributed by atoms with Crippen molar-refractivity contribution in [1.29, 1.82) is 0 Å². The van der Waals surface area contributed by atoms with Gasteiger partial charge in [-0.1, -0.05) is 35.3 Å². The summed E-state index contributed by atoms with van der Waals surface area (Å²) in [6.07, 6.45) is 1.56. The quantitative estimate of drug-likeness (QED) is 0.635. The number of halogens is 2. The second-order valence-corrected chi connectivity index (χ2v) is 4.40. The van der Waals surface area contributed by atoms with E-state index in [9.17, 15) is 4.79 Å². The number of carbonyl (C=O) groups excluding carboxylic acids is 1. The number of nitrogens with zero attached hydrogens (tertiary/aromatic N) is 1. The van der Waals surface area contributed by atoms with Crippen LogP contribution >= 0.6 is 23.2 Å². The number of pyridine rings is 1. The van der Waals surface area contributed by atoms with Crippen LogP contribution in [0.2, 0.25) is 10.2 Å². The van der Waals surface area contributed by atoms with Crippen molar-refractivity contribution < 1.29 is 9.53 Å². The maximum Gasteiger partial charge on any atom is 0.338 e. The number of aromatic nitrogens is 1. The lowest BCUT2D eigenvalue weighted by molar-refractivity contribution is 0.0472. The van der Waals surface area contributed by atoms with Gasteiger partial charge in [-0.2, -0.15) is 0 Å². The predicted molar refractivity (Wildman–Crippen MR) is 69.8 cm³/mol. The lowest BCUT2D eigenvalue weighted by Gasteiger charge is -2.05. The van der Waals surface area contributed by atoms with Gasteiger partial charge in [-0.25, -0.2) is 9.78 Å². The molecule has 0 fully saturated rings. The minimum absolute atomic E-state index is 0.148. The fourth-order valence-electron chi connectivity index (χ4n) is 1.34. The molecule has 1 aromatic carbocycles. The molecule has 92 valence electrons. The standard InChI is InChI=1S/C13H9Cl2NO2/c14-11-3-1-2-10(6-11)13(17)18-8-9-4-5-12(15)16-7-9/h1-7H,8H2. The van der Waals surface area contributed by atoms with E-state index in [4.69, 9.17) is 27.9 Å². The number of hydrogen-bond acceptors (Lipinski definition) is 3. The molecule has 18 heavy (non-hydrogen) atoms. The predicted octanol–water partition coefficient (Wildman–Crippen LogP) is 3.75. The smallest absolute Gasteiger partial charge is 0.338 e. The number of benzene rings is 1. The normalized spacial score (nSPS) is 10.1.